The number of phenols is 1. The molecule has 1 aromatic rings. The van der Waals surface area contributed by atoms with Crippen LogP contribution in [-0.4, -0.2) is 22.6 Å². The predicted octanol–water partition coefficient (Wildman–Crippen LogP) is 1.48. The Hall–Kier alpha value is -0.487. The van der Waals surface area contributed by atoms with Crippen molar-refractivity contribution in [1.29, 1.82) is 0 Å². The van der Waals surface area contributed by atoms with Gasteiger partial charge in [-0.3, -0.25) is 8.42 Å². The summed E-state index contributed by atoms with van der Waals surface area (Å²) in [6.45, 7) is 6.12. The average Bonchev–Trinajstić information content (AvgIpc) is 1.99. The largest absolute Gasteiger partial charge is 2.00 e. The van der Waals surface area contributed by atoms with Crippen LogP contribution in [0, 0.1) is 6.92 Å². The van der Waals surface area contributed by atoms with E-state index in [9.17, 15) is 5.11 Å². The maximum Gasteiger partial charge on any atom is 2.00 e. The zero-order valence-corrected chi connectivity index (χ0v) is 13.8. The molecule has 0 spiro atoms. The molecule has 0 fully saturated rings. The molecule has 17 heavy (non-hydrogen) atoms. The maximum atomic E-state index is 9.46. The van der Waals surface area contributed by atoms with Crippen LogP contribution in [0.2, 0.25) is 0 Å². The van der Waals surface area contributed by atoms with E-state index in [1.54, 1.807) is 6.07 Å². The molecule has 0 aliphatic rings. The first-order chi connectivity index (χ1) is 7.11. The van der Waals surface area contributed by atoms with E-state index in [0.717, 1.165) is 11.1 Å². The van der Waals surface area contributed by atoms with Crippen LogP contribution < -0.4 is 0 Å². The first kappa shape index (κ1) is 18.9. The third-order valence-corrected chi connectivity index (χ3v) is 1.81. The zero-order chi connectivity index (χ0) is 12.9. The summed E-state index contributed by atoms with van der Waals surface area (Å²) in [6.07, 6.45) is 0. The summed E-state index contributed by atoms with van der Waals surface area (Å²) in [4.78, 5) is 0. The van der Waals surface area contributed by atoms with Crippen LogP contribution in [0.15, 0.2) is 18.2 Å². The first-order valence-corrected chi connectivity index (χ1v) is 5.91. The van der Waals surface area contributed by atoms with Gasteiger partial charge in [0.05, 0.1) is 0 Å². The minimum Gasteiger partial charge on any atom is -0.759 e. The normalized spacial score (nSPS) is 10.2. The standard InChI is InChI=1S/C10H14O.H2O4S.Zn/c1-7(2)9-5-4-8(3)6-10(9)11;1-5(2,3)4;/h4-7,11H,1-3H3;(H2,1,2,3,4);/q;;+2/p-2. The Kier molecular flexibility index (Phi) is 8.62. The maximum absolute atomic E-state index is 9.46. The fraction of sp³-hybridized carbons (Fsp3) is 0.400. The number of aromatic hydroxyl groups is 1. The molecule has 1 N–H and O–H groups in total. The number of aryl methyl sites for hydroxylation is 1. The molecule has 0 aliphatic carbocycles. The van der Waals surface area contributed by atoms with Crippen LogP contribution in [0.5, 0.6) is 5.75 Å². The molecule has 0 saturated heterocycles. The number of hydrogen-bond donors (Lipinski definition) is 1. The van der Waals surface area contributed by atoms with E-state index in [4.69, 9.17) is 17.5 Å². The molecule has 0 amide bonds. The molecule has 0 saturated carbocycles. The molecule has 1 rings (SSSR count). The fourth-order valence-electron chi connectivity index (χ4n) is 1.14. The minimum atomic E-state index is -5.17. The minimum absolute atomic E-state index is 0. The van der Waals surface area contributed by atoms with Crippen molar-refractivity contribution in [3.63, 3.8) is 0 Å². The average molecular weight is 312 g/mol. The van der Waals surface area contributed by atoms with Gasteiger partial charge < -0.3 is 14.2 Å². The van der Waals surface area contributed by atoms with Crippen LogP contribution >= 0.6 is 0 Å². The second-order valence-electron chi connectivity index (χ2n) is 3.63. The van der Waals surface area contributed by atoms with Gasteiger partial charge in [-0.2, -0.15) is 0 Å². The van der Waals surface area contributed by atoms with E-state index in [-0.39, 0.29) is 19.5 Å². The van der Waals surface area contributed by atoms with Gasteiger partial charge in [0.1, 0.15) is 5.75 Å². The van der Waals surface area contributed by atoms with Crippen molar-refractivity contribution in [2.75, 3.05) is 0 Å². The molecule has 1 aromatic carbocycles. The third kappa shape index (κ3) is 10.4. The smallest absolute Gasteiger partial charge is 0.759 e. The molecule has 0 unspecified atom stereocenters. The summed E-state index contributed by atoms with van der Waals surface area (Å²) >= 11 is 0. The summed E-state index contributed by atoms with van der Waals surface area (Å²) in [5.41, 5.74) is 2.13. The van der Waals surface area contributed by atoms with Crippen molar-refractivity contribution in [3.05, 3.63) is 29.3 Å². The number of hydrogen-bond acceptors (Lipinski definition) is 5. The molecule has 0 aromatic heterocycles. The first-order valence-electron chi connectivity index (χ1n) is 4.57. The number of benzene rings is 1. The Balaban J connectivity index is 0. The Bertz CT molecular complexity index is 434. The quantitative estimate of drug-likeness (QED) is 0.481. The van der Waals surface area contributed by atoms with Gasteiger partial charge in [0.2, 0.25) is 0 Å². The third-order valence-electron chi connectivity index (χ3n) is 1.81. The van der Waals surface area contributed by atoms with Crippen LogP contribution in [0.1, 0.15) is 30.9 Å². The monoisotopic (exact) mass is 310 g/mol. The fourth-order valence-corrected chi connectivity index (χ4v) is 1.14. The van der Waals surface area contributed by atoms with E-state index >= 15 is 0 Å². The van der Waals surface area contributed by atoms with Gasteiger partial charge in [-0.1, -0.05) is 26.0 Å². The topological polar surface area (TPSA) is 100 Å². The SMILES string of the molecule is Cc1ccc(C(C)C)c(O)c1.O=S(=O)([O-])[O-].[Zn+2]. The Labute approximate surface area is 114 Å². The Morgan fingerprint density at radius 2 is 1.65 bits per heavy atom. The summed E-state index contributed by atoms with van der Waals surface area (Å²) < 4.78 is 34.1. The molecule has 0 bridgehead atoms. The van der Waals surface area contributed by atoms with Crippen molar-refractivity contribution in [1.82, 2.24) is 0 Å². The van der Waals surface area contributed by atoms with E-state index in [0.29, 0.717) is 11.7 Å². The second kappa shape index (κ2) is 7.77. The molecule has 0 radical (unpaired) electrons. The summed E-state index contributed by atoms with van der Waals surface area (Å²) in [5.74, 6) is 0.815. The van der Waals surface area contributed by atoms with E-state index in [1.807, 2.05) is 19.1 Å². The van der Waals surface area contributed by atoms with E-state index in [1.165, 1.54) is 0 Å². The number of rotatable bonds is 1. The summed E-state index contributed by atoms with van der Waals surface area (Å²) in [7, 11) is -5.17. The Morgan fingerprint density at radius 1 is 1.24 bits per heavy atom. The van der Waals surface area contributed by atoms with Crippen molar-refractivity contribution in [2.45, 2.75) is 26.7 Å². The van der Waals surface area contributed by atoms with Crippen molar-refractivity contribution in [2.24, 2.45) is 0 Å². The van der Waals surface area contributed by atoms with Gasteiger partial charge in [0.25, 0.3) is 0 Å². The van der Waals surface area contributed by atoms with Crippen LogP contribution in [0.3, 0.4) is 0 Å². The predicted molar refractivity (Wildman–Crippen MR) is 57.4 cm³/mol. The molecule has 5 nitrogen and oxygen atoms in total. The molecular formula is C10H14O5SZn. The van der Waals surface area contributed by atoms with Gasteiger partial charge >= 0.3 is 19.5 Å². The van der Waals surface area contributed by atoms with Crippen molar-refractivity contribution < 1.29 is 42.1 Å². The van der Waals surface area contributed by atoms with Gasteiger partial charge in [-0.05, 0) is 30.0 Å². The molecule has 7 heteroatoms. The molecule has 0 atom stereocenters. The Morgan fingerprint density at radius 3 is 1.94 bits per heavy atom. The van der Waals surface area contributed by atoms with E-state index in [2.05, 4.69) is 13.8 Å². The second-order valence-corrected chi connectivity index (χ2v) is 4.44. The van der Waals surface area contributed by atoms with Crippen LogP contribution in [0.4, 0.5) is 0 Å². The van der Waals surface area contributed by atoms with Gasteiger partial charge in [0.15, 0.2) is 0 Å². The van der Waals surface area contributed by atoms with E-state index < -0.39 is 10.4 Å². The molecule has 0 aliphatic heterocycles. The number of phenolic OH excluding ortho intramolecular Hbond substituents is 1. The zero-order valence-electron chi connectivity index (χ0n) is 10.0. The van der Waals surface area contributed by atoms with Crippen molar-refractivity contribution in [3.8, 4) is 5.75 Å². The van der Waals surface area contributed by atoms with Gasteiger partial charge in [-0.15, -0.1) is 0 Å². The van der Waals surface area contributed by atoms with Crippen LogP contribution in [0.25, 0.3) is 0 Å². The molecular weight excluding hydrogens is 298 g/mol. The molecule has 92 valence electrons. The van der Waals surface area contributed by atoms with Gasteiger partial charge in [-0.25, -0.2) is 0 Å². The summed E-state index contributed by atoms with van der Waals surface area (Å²) in [5, 5.41) is 9.46. The van der Waals surface area contributed by atoms with Gasteiger partial charge in [0, 0.05) is 10.4 Å². The molecule has 0 heterocycles. The summed E-state index contributed by atoms with van der Waals surface area (Å²) in [6, 6.07) is 5.81. The van der Waals surface area contributed by atoms with Crippen molar-refractivity contribution >= 4 is 10.4 Å². The van der Waals surface area contributed by atoms with Crippen LogP contribution in [-0.2, 0) is 29.9 Å².